The van der Waals surface area contributed by atoms with Gasteiger partial charge >= 0.3 is 0 Å². The minimum absolute atomic E-state index is 0.229. The van der Waals surface area contributed by atoms with Gasteiger partial charge in [0.25, 0.3) is 5.91 Å². The van der Waals surface area contributed by atoms with Crippen molar-refractivity contribution in [3.05, 3.63) is 77.4 Å². The van der Waals surface area contributed by atoms with E-state index in [4.69, 9.17) is 4.74 Å². The quantitative estimate of drug-likeness (QED) is 0.645. The SMILES string of the molecule is COc1ccc(C(=O)NC(C(=O)NCC2=CCNCC2)c2ccccc2)cc1. The molecule has 0 aliphatic carbocycles. The second-order valence-electron chi connectivity index (χ2n) is 6.58. The molecule has 0 fully saturated rings. The van der Waals surface area contributed by atoms with Gasteiger partial charge in [0, 0.05) is 18.7 Å². The number of nitrogens with one attached hydrogen (secondary N) is 3. The summed E-state index contributed by atoms with van der Waals surface area (Å²) < 4.78 is 5.12. The predicted octanol–water partition coefficient (Wildman–Crippen LogP) is 2.20. The predicted molar refractivity (Wildman–Crippen MR) is 108 cm³/mol. The minimum atomic E-state index is -0.766. The molecule has 28 heavy (non-hydrogen) atoms. The fourth-order valence-corrected chi connectivity index (χ4v) is 3.04. The molecule has 6 nitrogen and oxygen atoms in total. The normalized spacial score (nSPS) is 14.5. The van der Waals surface area contributed by atoms with E-state index in [2.05, 4.69) is 22.0 Å². The molecule has 0 spiro atoms. The molecule has 3 N–H and O–H groups in total. The third kappa shape index (κ3) is 5.20. The van der Waals surface area contributed by atoms with Crippen LogP contribution >= 0.6 is 0 Å². The van der Waals surface area contributed by atoms with Crippen LogP contribution in [0.4, 0.5) is 0 Å². The number of hydrogen-bond acceptors (Lipinski definition) is 4. The lowest BCUT2D eigenvalue weighted by molar-refractivity contribution is -0.122. The van der Waals surface area contributed by atoms with Crippen molar-refractivity contribution in [1.82, 2.24) is 16.0 Å². The van der Waals surface area contributed by atoms with Crippen molar-refractivity contribution in [2.45, 2.75) is 12.5 Å². The smallest absolute Gasteiger partial charge is 0.252 e. The van der Waals surface area contributed by atoms with Gasteiger partial charge in [-0.1, -0.05) is 42.0 Å². The maximum atomic E-state index is 12.9. The molecule has 2 amide bonds. The molecule has 3 rings (SSSR count). The van der Waals surface area contributed by atoms with Crippen LogP contribution in [0.15, 0.2) is 66.2 Å². The monoisotopic (exact) mass is 379 g/mol. The van der Waals surface area contributed by atoms with Gasteiger partial charge < -0.3 is 20.7 Å². The molecule has 0 radical (unpaired) electrons. The van der Waals surface area contributed by atoms with E-state index in [0.717, 1.165) is 25.1 Å². The van der Waals surface area contributed by atoms with Gasteiger partial charge in [-0.15, -0.1) is 0 Å². The minimum Gasteiger partial charge on any atom is -0.497 e. The lowest BCUT2D eigenvalue weighted by Crippen LogP contribution is -2.41. The summed E-state index contributed by atoms with van der Waals surface area (Å²) in [6, 6.07) is 15.3. The molecule has 2 aromatic carbocycles. The van der Waals surface area contributed by atoms with E-state index in [1.54, 1.807) is 31.4 Å². The van der Waals surface area contributed by atoms with E-state index in [-0.39, 0.29) is 11.8 Å². The van der Waals surface area contributed by atoms with Gasteiger partial charge in [-0.25, -0.2) is 0 Å². The fraction of sp³-hybridized carbons (Fsp3) is 0.273. The first-order valence-corrected chi connectivity index (χ1v) is 9.33. The molecule has 1 heterocycles. The lowest BCUT2D eigenvalue weighted by atomic mass is 10.0. The highest BCUT2D eigenvalue weighted by atomic mass is 16.5. The maximum absolute atomic E-state index is 12.9. The third-order valence-electron chi connectivity index (χ3n) is 4.67. The first-order valence-electron chi connectivity index (χ1n) is 9.33. The highest BCUT2D eigenvalue weighted by molar-refractivity contribution is 5.98. The van der Waals surface area contributed by atoms with Crippen LogP contribution in [0.5, 0.6) is 5.75 Å². The summed E-state index contributed by atoms with van der Waals surface area (Å²) in [5.41, 5.74) is 2.40. The van der Waals surface area contributed by atoms with E-state index >= 15 is 0 Å². The standard InChI is InChI=1S/C22H25N3O3/c1-28-19-9-7-18(8-10-19)21(26)25-20(17-5-3-2-4-6-17)22(27)24-15-16-11-13-23-14-12-16/h2-11,20,23H,12-15H2,1H3,(H,24,27)(H,25,26). The van der Waals surface area contributed by atoms with Crippen molar-refractivity contribution in [3.63, 3.8) is 0 Å². The van der Waals surface area contributed by atoms with Gasteiger partial charge in [0.15, 0.2) is 0 Å². The Morgan fingerprint density at radius 1 is 1.11 bits per heavy atom. The molecule has 0 aromatic heterocycles. The van der Waals surface area contributed by atoms with Crippen molar-refractivity contribution < 1.29 is 14.3 Å². The Morgan fingerprint density at radius 2 is 1.86 bits per heavy atom. The molecule has 0 saturated carbocycles. The maximum Gasteiger partial charge on any atom is 0.252 e. The molecule has 146 valence electrons. The zero-order valence-corrected chi connectivity index (χ0v) is 15.9. The van der Waals surface area contributed by atoms with E-state index in [1.807, 2.05) is 30.3 Å². The van der Waals surface area contributed by atoms with Crippen molar-refractivity contribution >= 4 is 11.8 Å². The summed E-state index contributed by atoms with van der Waals surface area (Å²) >= 11 is 0. The molecule has 0 bridgehead atoms. The van der Waals surface area contributed by atoms with Gasteiger partial charge in [-0.05, 0) is 42.8 Å². The topological polar surface area (TPSA) is 79.5 Å². The van der Waals surface area contributed by atoms with Crippen molar-refractivity contribution in [2.75, 3.05) is 26.7 Å². The molecular weight excluding hydrogens is 354 g/mol. The van der Waals surface area contributed by atoms with Gasteiger partial charge in [0.05, 0.1) is 7.11 Å². The van der Waals surface area contributed by atoms with Crippen LogP contribution in [-0.4, -0.2) is 38.6 Å². The number of rotatable bonds is 7. The molecule has 6 heteroatoms. The molecule has 1 atom stereocenters. The van der Waals surface area contributed by atoms with Crippen LogP contribution in [0.3, 0.4) is 0 Å². The van der Waals surface area contributed by atoms with E-state index in [9.17, 15) is 9.59 Å². The Bertz CT molecular complexity index is 832. The molecule has 0 saturated heterocycles. The molecular formula is C22H25N3O3. The van der Waals surface area contributed by atoms with E-state index in [0.29, 0.717) is 17.9 Å². The number of carbonyl (C=O) groups is 2. The zero-order valence-electron chi connectivity index (χ0n) is 15.9. The number of amides is 2. The Kier molecular flexibility index (Phi) is 6.81. The van der Waals surface area contributed by atoms with Gasteiger partial charge in [-0.3, -0.25) is 9.59 Å². The molecule has 1 aliphatic rings. The second-order valence-corrected chi connectivity index (χ2v) is 6.58. The summed E-state index contributed by atoms with van der Waals surface area (Å²) in [5, 5.41) is 9.06. The largest absolute Gasteiger partial charge is 0.497 e. The molecule has 1 unspecified atom stereocenters. The summed E-state index contributed by atoms with van der Waals surface area (Å²) in [6.07, 6.45) is 3.01. The van der Waals surface area contributed by atoms with Crippen LogP contribution in [0.25, 0.3) is 0 Å². The number of methoxy groups -OCH3 is 1. The summed E-state index contributed by atoms with van der Waals surface area (Å²) in [5.74, 6) is 0.129. The Balaban J connectivity index is 1.71. The Labute approximate surface area is 165 Å². The van der Waals surface area contributed by atoms with Crippen LogP contribution in [0.2, 0.25) is 0 Å². The van der Waals surface area contributed by atoms with Crippen molar-refractivity contribution in [3.8, 4) is 5.75 Å². The van der Waals surface area contributed by atoms with Crippen molar-refractivity contribution in [2.24, 2.45) is 0 Å². The Morgan fingerprint density at radius 3 is 2.50 bits per heavy atom. The lowest BCUT2D eigenvalue weighted by Gasteiger charge is -2.20. The fourth-order valence-electron chi connectivity index (χ4n) is 3.04. The Hall–Kier alpha value is -3.12. The van der Waals surface area contributed by atoms with E-state index < -0.39 is 6.04 Å². The van der Waals surface area contributed by atoms with Crippen LogP contribution < -0.4 is 20.7 Å². The second kappa shape index (κ2) is 9.71. The summed E-state index contributed by atoms with van der Waals surface area (Å²) in [6.45, 7) is 2.22. The first-order chi connectivity index (χ1) is 13.7. The average molecular weight is 379 g/mol. The highest BCUT2D eigenvalue weighted by Crippen LogP contribution is 2.16. The van der Waals surface area contributed by atoms with Crippen molar-refractivity contribution in [1.29, 1.82) is 0 Å². The number of carbonyl (C=O) groups excluding carboxylic acids is 2. The van der Waals surface area contributed by atoms with Crippen LogP contribution in [-0.2, 0) is 4.79 Å². The number of ether oxygens (including phenoxy) is 1. The van der Waals surface area contributed by atoms with Crippen LogP contribution in [0.1, 0.15) is 28.4 Å². The molecule has 2 aromatic rings. The number of hydrogen-bond donors (Lipinski definition) is 3. The average Bonchev–Trinajstić information content (AvgIpc) is 2.77. The third-order valence-corrected chi connectivity index (χ3v) is 4.67. The van der Waals surface area contributed by atoms with E-state index in [1.165, 1.54) is 5.57 Å². The summed E-state index contributed by atoms with van der Waals surface area (Å²) in [7, 11) is 1.57. The number of benzene rings is 2. The van der Waals surface area contributed by atoms with Gasteiger partial charge in [0.1, 0.15) is 11.8 Å². The summed E-state index contributed by atoms with van der Waals surface area (Å²) in [4.78, 5) is 25.6. The first kappa shape index (κ1) is 19.6. The van der Waals surface area contributed by atoms with Gasteiger partial charge in [-0.2, -0.15) is 0 Å². The molecule has 1 aliphatic heterocycles. The van der Waals surface area contributed by atoms with Gasteiger partial charge in [0.2, 0.25) is 5.91 Å². The highest BCUT2D eigenvalue weighted by Gasteiger charge is 2.23. The van der Waals surface area contributed by atoms with Crippen LogP contribution in [0, 0.1) is 0 Å². The zero-order chi connectivity index (χ0) is 19.8.